The molecule has 2 aliphatic heterocycles. The van der Waals surface area contributed by atoms with Crippen molar-refractivity contribution in [3.05, 3.63) is 58.4 Å². The van der Waals surface area contributed by atoms with Gasteiger partial charge < -0.3 is 14.4 Å². The Kier molecular flexibility index (Phi) is 5.18. The fourth-order valence-corrected chi connectivity index (χ4v) is 3.72. The maximum Gasteiger partial charge on any atom is 0.254 e. The van der Waals surface area contributed by atoms with Crippen LogP contribution in [0.25, 0.3) is 0 Å². The summed E-state index contributed by atoms with van der Waals surface area (Å²) in [6.45, 7) is 3.84. The van der Waals surface area contributed by atoms with Crippen LogP contribution in [-0.4, -0.2) is 48.7 Å². The lowest BCUT2D eigenvalue weighted by Gasteiger charge is -2.22. The minimum atomic E-state index is -0.228. The van der Waals surface area contributed by atoms with Crippen molar-refractivity contribution in [3.63, 3.8) is 0 Å². The lowest BCUT2D eigenvalue weighted by atomic mass is 10.1. The number of hydrogen-bond donors (Lipinski definition) is 0. The number of carbonyl (C=O) groups excluding carboxylic acids is 1. The minimum absolute atomic E-state index is 0.0566. The van der Waals surface area contributed by atoms with Gasteiger partial charge in [-0.15, -0.1) is 0 Å². The summed E-state index contributed by atoms with van der Waals surface area (Å²) in [5.74, 6) is 0.723. The topological polar surface area (TPSA) is 42.0 Å². The van der Waals surface area contributed by atoms with Gasteiger partial charge in [0.25, 0.3) is 5.91 Å². The summed E-state index contributed by atoms with van der Waals surface area (Å²) in [7, 11) is 0. The molecule has 27 heavy (non-hydrogen) atoms. The van der Waals surface area contributed by atoms with Gasteiger partial charge in [0.1, 0.15) is 5.82 Å². The third kappa shape index (κ3) is 4.01. The van der Waals surface area contributed by atoms with Gasteiger partial charge in [-0.3, -0.25) is 9.69 Å². The van der Waals surface area contributed by atoms with E-state index in [9.17, 15) is 9.18 Å². The zero-order valence-corrected chi connectivity index (χ0v) is 15.5. The van der Waals surface area contributed by atoms with Gasteiger partial charge >= 0.3 is 0 Å². The Hall–Kier alpha value is -2.31. The Morgan fingerprint density at radius 3 is 2.70 bits per heavy atom. The number of carbonyl (C=O) groups is 1. The van der Waals surface area contributed by atoms with Crippen molar-refractivity contribution in [2.75, 3.05) is 33.0 Å². The van der Waals surface area contributed by atoms with Crippen molar-refractivity contribution >= 4 is 17.5 Å². The molecule has 142 valence electrons. The quantitative estimate of drug-likeness (QED) is 0.803. The van der Waals surface area contributed by atoms with Crippen LogP contribution in [0.4, 0.5) is 4.39 Å². The average Bonchev–Trinajstić information content (AvgIpc) is 3.03. The third-order valence-electron chi connectivity index (χ3n) is 4.87. The molecule has 0 spiro atoms. The number of ether oxygens (including phenoxy) is 2. The van der Waals surface area contributed by atoms with Crippen LogP contribution in [0.2, 0.25) is 5.02 Å². The zero-order valence-electron chi connectivity index (χ0n) is 14.8. The van der Waals surface area contributed by atoms with Crippen molar-refractivity contribution in [1.82, 2.24) is 9.80 Å². The molecule has 4 rings (SSSR count). The molecule has 1 saturated heterocycles. The highest BCUT2D eigenvalue weighted by Crippen LogP contribution is 2.40. The van der Waals surface area contributed by atoms with Gasteiger partial charge in [-0.2, -0.15) is 0 Å². The van der Waals surface area contributed by atoms with Crippen LogP contribution in [0, 0.1) is 5.82 Å². The first kappa shape index (κ1) is 18.1. The second-order valence-corrected chi connectivity index (χ2v) is 7.15. The number of halogens is 2. The smallest absolute Gasteiger partial charge is 0.254 e. The van der Waals surface area contributed by atoms with Crippen LogP contribution in [-0.2, 0) is 6.54 Å². The Morgan fingerprint density at radius 1 is 1.07 bits per heavy atom. The van der Waals surface area contributed by atoms with Crippen LogP contribution in [0.5, 0.6) is 11.5 Å². The summed E-state index contributed by atoms with van der Waals surface area (Å²) in [5.41, 5.74) is 1.58. The molecule has 0 saturated carbocycles. The van der Waals surface area contributed by atoms with Crippen molar-refractivity contribution in [1.29, 1.82) is 0 Å². The summed E-state index contributed by atoms with van der Waals surface area (Å²) >= 11 is 6.20. The molecule has 2 aliphatic rings. The largest absolute Gasteiger partial charge is 0.454 e. The molecule has 2 aromatic rings. The van der Waals surface area contributed by atoms with Gasteiger partial charge in [0.2, 0.25) is 6.79 Å². The number of benzene rings is 2. The molecule has 0 aliphatic carbocycles. The van der Waals surface area contributed by atoms with Crippen LogP contribution in [0.3, 0.4) is 0 Å². The van der Waals surface area contributed by atoms with Crippen molar-refractivity contribution in [2.24, 2.45) is 0 Å². The molecule has 0 aromatic heterocycles. The van der Waals surface area contributed by atoms with Crippen molar-refractivity contribution < 1.29 is 18.7 Å². The van der Waals surface area contributed by atoms with Crippen LogP contribution in [0.1, 0.15) is 22.3 Å². The van der Waals surface area contributed by atoms with E-state index in [-0.39, 0.29) is 18.5 Å². The van der Waals surface area contributed by atoms with E-state index in [1.165, 1.54) is 12.1 Å². The van der Waals surface area contributed by atoms with Crippen LogP contribution >= 0.6 is 11.6 Å². The lowest BCUT2D eigenvalue weighted by molar-refractivity contribution is 0.0760. The van der Waals surface area contributed by atoms with Crippen molar-refractivity contribution in [2.45, 2.75) is 13.0 Å². The summed E-state index contributed by atoms with van der Waals surface area (Å²) in [6, 6.07) is 9.89. The molecule has 2 heterocycles. The summed E-state index contributed by atoms with van der Waals surface area (Å²) in [5, 5.41) is 0.390. The van der Waals surface area contributed by atoms with E-state index in [0.717, 1.165) is 31.6 Å². The summed E-state index contributed by atoms with van der Waals surface area (Å²) in [4.78, 5) is 17.0. The molecule has 2 aromatic carbocycles. The Morgan fingerprint density at radius 2 is 1.89 bits per heavy atom. The predicted molar refractivity (Wildman–Crippen MR) is 99.8 cm³/mol. The maximum atomic E-state index is 13.1. The number of rotatable bonds is 3. The molecule has 5 nitrogen and oxygen atoms in total. The van der Waals surface area contributed by atoms with E-state index in [2.05, 4.69) is 4.90 Å². The standard InChI is InChI=1S/C20H20ClFN2O3/c21-17-10-15(11-18-19(17)27-13-26-18)20(25)24-7-1-6-23(8-9-24)12-14-2-4-16(22)5-3-14/h2-5,10-11H,1,6-9,12-13H2. The van der Waals surface area contributed by atoms with E-state index in [4.69, 9.17) is 21.1 Å². The fraction of sp³-hybridized carbons (Fsp3) is 0.350. The van der Waals surface area contributed by atoms with Gasteiger partial charge in [0.15, 0.2) is 11.5 Å². The zero-order chi connectivity index (χ0) is 18.8. The molecule has 0 unspecified atom stereocenters. The molecule has 1 amide bonds. The first-order valence-electron chi connectivity index (χ1n) is 8.95. The first-order valence-corrected chi connectivity index (χ1v) is 9.33. The fourth-order valence-electron chi connectivity index (χ4n) is 3.45. The van der Waals surface area contributed by atoms with Crippen LogP contribution < -0.4 is 9.47 Å². The first-order chi connectivity index (χ1) is 13.1. The monoisotopic (exact) mass is 390 g/mol. The molecule has 1 fully saturated rings. The van der Waals surface area contributed by atoms with E-state index in [1.54, 1.807) is 24.3 Å². The molecule has 0 radical (unpaired) electrons. The van der Waals surface area contributed by atoms with Crippen LogP contribution in [0.15, 0.2) is 36.4 Å². The highest BCUT2D eigenvalue weighted by atomic mass is 35.5. The van der Waals surface area contributed by atoms with E-state index in [0.29, 0.717) is 35.2 Å². The normalized spacial score (nSPS) is 17.0. The summed E-state index contributed by atoms with van der Waals surface area (Å²) in [6.07, 6.45) is 0.880. The number of fused-ring (bicyclic) bond motifs is 1. The van der Waals surface area contributed by atoms with E-state index >= 15 is 0 Å². The average molecular weight is 391 g/mol. The van der Waals surface area contributed by atoms with E-state index < -0.39 is 0 Å². The summed E-state index contributed by atoms with van der Waals surface area (Å²) < 4.78 is 23.7. The molecule has 7 heteroatoms. The lowest BCUT2D eigenvalue weighted by Crippen LogP contribution is -2.35. The molecule has 0 atom stereocenters. The predicted octanol–water partition coefficient (Wildman–Crippen LogP) is 3.56. The number of amides is 1. The van der Waals surface area contributed by atoms with Gasteiger partial charge in [0.05, 0.1) is 5.02 Å². The van der Waals surface area contributed by atoms with Gasteiger partial charge in [-0.05, 0) is 36.2 Å². The van der Waals surface area contributed by atoms with Gasteiger partial charge in [-0.25, -0.2) is 4.39 Å². The molecular weight excluding hydrogens is 371 g/mol. The minimum Gasteiger partial charge on any atom is -0.454 e. The molecule has 0 N–H and O–H groups in total. The van der Waals surface area contributed by atoms with Gasteiger partial charge in [-0.1, -0.05) is 23.7 Å². The molecular formula is C20H20ClFN2O3. The third-order valence-corrected chi connectivity index (χ3v) is 5.15. The highest BCUT2D eigenvalue weighted by molar-refractivity contribution is 6.32. The Balaban J connectivity index is 1.41. The number of hydrogen-bond acceptors (Lipinski definition) is 4. The van der Waals surface area contributed by atoms with E-state index in [1.807, 2.05) is 4.90 Å². The Bertz CT molecular complexity index is 844. The number of nitrogens with zero attached hydrogens (tertiary/aromatic N) is 2. The van der Waals surface area contributed by atoms with Gasteiger partial charge in [0, 0.05) is 38.3 Å². The SMILES string of the molecule is O=C(c1cc(Cl)c2c(c1)OCO2)N1CCCN(Cc2ccc(F)cc2)CC1. The second kappa shape index (κ2) is 7.74. The molecule has 0 bridgehead atoms. The van der Waals surface area contributed by atoms with Crippen molar-refractivity contribution in [3.8, 4) is 11.5 Å². The maximum absolute atomic E-state index is 13.1. The second-order valence-electron chi connectivity index (χ2n) is 6.74. The Labute approximate surface area is 162 Å². The highest BCUT2D eigenvalue weighted by Gasteiger charge is 2.25.